The molecule has 0 aromatic carbocycles. The summed E-state index contributed by atoms with van der Waals surface area (Å²) in [6, 6.07) is 0. The van der Waals surface area contributed by atoms with Crippen LogP contribution in [0, 0.1) is 29.1 Å². The van der Waals surface area contributed by atoms with E-state index in [-0.39, 0.29) is 29.3 Å². The summed E-state index contributed by atoms with van der Waals surface area (Å²) < 4.78 is 5.68. The van der Waals surface area contributed by atoms with Crippen molar-refractivity contribution in [3.8, 4) is 0 Å². The Labute approximate surface area is 139 Å². The van der Waals surface area contributed by atoms with Crippen LogP contribution in [0.3, 0.4) is 0 Å². The molecule has 3 fully saturated rings. The van der Waals surface area contributed by atoms with Gasteiger partial charge in [0.05, 0.1) is 6.42 Å². The van der Waals surface area contributed by atoms with Gasteiger partial charge < -0.3 is 4.74 Å². The van der Waals surface area contributed by atoms with Gasteiger partial charge in [-0.25, -0.2) is 0 Å². The van der Waals surface area contributed by atoms with Gasteiger partial charge in [0.1, 0.15) is 11.9 Å². The zero-order chi connectivity index (χ0) is 16.8. The lowest BCUT2D eigenvalue weighted by Gasteiger charge is -2.47. The largest absolute Gasteiger partial charge is 0.462 e. The molecule has 2 aliphatic carbocycles. The highest BCUT2D eigenvalue weighted by Gasteiger charge is 2.62. The minimum Gasteiger partial charge on any atom is -0.462 e. The molecule has 3 unspecified atom stereocenters. The van der Waals surface area contributed by atoms with Crippen LogP contribution >= 0.6 is 0 Å². The topological polar surface area (TPSA) is 43.4 Å². The Morgan fingerprint density at radius 2 is 2.13 bits per heavy atom. The number of allylic oxidation sites excluding steroid dienone is 2. The summed E-state index contributed by atoms with van der Waals surface area (Å²) in [5, 5.41) is 0. The fourth-order valence-corrected chi connectivity index (χ4v) is 5.66. The zero-order valence-electron chi connectivity index (χ0n) is 14.9. The second kappa shape index (κ2) is 6.07. The average Bonchev–Trinajstić information content (AvgIpc) is 2.76. The van der Waals surface area contributed by atoms with Gasteiger partial charge in [0.25, 0.3) is 0 Å². The normalized spacial score (nSPS) is 40.3. The first-order chi connectivity index (χ1) is 10.8. The van der Waals surface area contributed by atoms with Crippen LogP contribution in [-0.4, -0.2) is 17.9 Å². The van der Waals surface area contributed by atoms with Crippen molar-refractivity contribution in [2.24, 2.45) is 29.1 Å². The fraction of sp³-hybridized carbons (Fsp3) is 0.800. The Bertz CT molecular complexity index is 531. The van der Waals surface area contributed by atoms with Crippen LogP contribution in [0.2, 0.25) is 0 Å². The van der Waals surface area contributed by atoms with Crippen molar-refractivity contribution < 1.29 is 14.3 Å². The van der Waals surface area contributed by atoms with Crippen LogP contribution < -0.4 is 0 Å². The van der Waals surface area contributed by atoms with Crippen molar-refractivity contribution in [3.63, 3.8) is 0 Å². The Balaban J connectivity index is 1.80. The number of rotatable bonds is 4. The summed E-state index contributed by atoms with van der Waals surface area (Å²) >= 11 is 0. The zero-order valence-corrected chi connectivity index (χ0v) is 14.9. The maximum absolute atomic E-state index is 12.3. The Kier molecular flexibility index (Phi) is 4.41. The van der Waals surface area contributed by atoms with E-state index in [1.54, 1.807) is 0 Å². The van der Waals surface area contributed by atoms with Gasteiger partial charge in [-0.1, -0.05) is 25.5 Å². The second-order valence-electron chi connectivity index (χ2n) is 8.52. The highest BCUT2D eigenvalue weighted by molar-refractivity contribution is 5.87. The quantitative estimate of drug-likeness (QED) is 0.573. The second-order valence-corrected chi connectivity index (χ2v) is 8.52. The van der Waals surface area contributed by atoms with Gasteiger partial charge in [0, 0.05) is 18.3 Å². The van der Waals surface area contributed by atoms with Gasteiger partial charge in [-0.15, -0.1) is 0 Å². The van der Waals surface area contributed by atoms with Crippen LogP contribution in [0.25, 0.3) is 0 Å². The highest BCUT2D eigenvalue weighted by Crippen LogP contribution is 2.61. The van der Waals surface area contributed by atoms with Crippen molar-refractivity contribution in [2.45, 2.75) is 72.3 Å². The van der Waals surface area contributed by atoms with Crippen molar-refractivity contribution in [3.05, 3.63) is 11.6 Å². The van der Waals surface area contributed by atoms with Crippen molar-refractivity contribution in [1.29, 1.82) is 0 Å². The van der Waals surface area contributed by atoms with E-state index >= 15 is 0 Å². The SMILES string of the molecule is CC(C)=CCCC(C)[C@@H]1C[C@@H]2OC(=O)C[C@H]3C(=O)CCC1(C)C23. The molecule has 128 valence electrons. The molecule has 0 radical (unpaired) electrons. The maximum atomic E-state index is 12.3. The number of carbonyl (C=O) groups excluding carboxylic acids is 2. The highest BCUT2D eigenvalue weighted by atomic mass is 16.5. The first-order valence-electron chi connectivity index (χ1n) is 9.18. The van der Waals surface area contributed by atoms with Gasteiger partial charge in [0.2, 0.25) is 0 Å². The van der Waals surface area contributed by atoms with E-state index in [4.69, 9.17) is 4.74 Å². The van der Waals surface area contributed by atoms with Crippen LogP contribution in [0.15, 0.2) is 11.6 Å². The third-order valence-electron chi connectivity index (χ3n) is 6.78. The lowest BCUT2D eigenvalue weighted by molar-refractivity contribution is -0.171. The molecule has 0 amide bonds. The molecular formula is C20H30O3. The molecule has 0 bridgehead atoms. The predicted molar refractivity (Wildman–Crippen MR) is 89.8 cm³/mol. The van der Waals surface area contributed by atoms with E-state index in [0.717, 1.165) is 19.3 Å². The summed E-state index contributed by atoms with van der Waals surface area (Å²) in [6.07, 6.45) is 7.47. The fourth-order valence-electron chi connectivity index (χ4n) is 5.66. The van der Waals surface area contributed by atoms with E-state index in [1.807, 2.05) is 0 Å². The number of hydrogen-bond acceptors (Lipinski definition) is 3. The molecule has 0 aromatic heterocycles. The van der Waals surface area contributed by atoms with E-state index in [0.29, 0.717) is 30.5 Å². The third kappa shape index (κ3) is 2.88. The van der Waals surface area contributed by atoms with Gasteiger partial charge in [-0.3, -0.25) is 9.59 Å². The van der Waals surface area contributed by atoms with Crippen molar-refractivity contribution >= 4 is 11.8 Å². The molecule has 2 saturated carbocycles. The molecule has 6 atom stereocenters. The molecular weight excluding hydrogens is 288 g/mol. The Morgan fingerprint density at radius 1 is 1.39 bits per heavy atom. The Morgan fingerprint density at radius 3 is 2.83 bits per heavy atom. The molecule has 1 aliphatic heterocycles. The van der Waals surface area contributed by atoms with Crippen LogP contribution in [0.4, 0.5) is 0 Å². The number of hydrogen-bond donors (Lipinski definition) is 0. The predicted octanol–water partition coefficient (Wildman–Crippen LogP) is 4.31. The summed E-state index contributed by atoms with van der Waals surface area (Å²) in [5.74, 6) is 1.49. The molecule has 0 aromatic rings. The molecule has 23 heavy (non-hydrogen) atoms. The minimum atomic E-state index is -0.160. The summed E-state index contributed by atoms with van der Waals surface area (Å²) in [6.45, 7) is 9.00. The summed E-state index contributed by atoms with van der Waals surface area (Å²) in [5.41, 5.74) is 1.54. The smallest absolute Gasteiger partial charge is 0.306 e. The molecule has 0 spiro atoms. The molecule has 1 heterocycles. The third-order valence-corrected chi connectivity index (χ3v) is 6.78. The number of esters is 1. The van der Waals surface area contributed by atoms with Crippen molar-refractivity contribution in [2.75, 3.05) is 0 Å². The summed E-state index contributed by atoms with van der Waals surface area (Å²) in [4.78, 5) is 24.2. The van der Waals surface area contributed by atoms with Gasteiger partial charge in [0.15, 0.2) is 0 Å². The molecule has 1 saturated heterocycles. The average molecular weight is 318 g/mol. The van der Waals surface area contributed by atoms with E-state index < -0.39 is 0 Å². The molecule has 3 aliphatic rings. The molecule has 3 rings (SSSR count). The number of ether oxygens (including phenoxy) is 1. The van der Waals surface area contributed by atoms with Gasteiger partial charge >= 0.3 is 5.97 Å². The summed E-state index contributed by atoms with van der Waals surface area (Å²) in [7, 11) is 0. The lowest BCUT2D eigenvalue weighted by Crippen LogP contribution is -2.49. The number of carbonyl (C=O) groups is 2. The molecule has 3 nitrogen and oxygen atoms in total. The maximum Gasteiger partial charge on any atom is 0.306 e. The first kappa shape index (κ1) is 16.7. The van der Waals surface area contributed by atoms with Crippen LogP contribution in [-0.2, 0) is 14.3 Å². The van der Waals surface area contributed by atoms with Crippen LogP contribution in [0.5, 0.6) is 0 Å². The van der Waals surface area contributed by atoms with E-state index in [9.17, 15) is 9.59 Å². The molecule has 0 N–H and O–H groups in total. The number of ketones is 1. The van der Waals surface area contributed by atoms with Gasteiger partial charge in [-0.2, -0.15) is 0 Å². The minimum absolute atomic E-state index is 0.0218. The first-order valence-corrected chi connectivity index (χ1v) is 9.18. The Hall–Kier alpha value is -1.12. The monoisotopic (exact) mass is 318 g/mol. The molecule has 3 heteroatoms. The standard InChI is InChI=1S/C20H30O3/c1-12(2)6-5-7-13(3)15-11-17-19-14(10-18(22)23-17)16(21)8-9-20(15,19)4/h6,13-15,17,19H,5,7-11H2,1-4H3/t13?,14-,15-,17-,19?,20?/m0/s1. The van der Waals surface area contributed by atoms with Gasteiger partial charge in [-0.05, 0) is 56.8 Å². The van der Waals surface area contributed by atoms with Crippen molar-refractivity contribution in [1.82, 2.24) is 0 Å². The van der Waals surface area contributed by atoms with E-state index in [2.05, 4.69) is 33.8 Å². The number of Topliss-reactive ketones (excluding diaryl/α,β-unsaturated/α-hetero) is 1. The van der Waals surface area contributed by atoms with E-state index in [1.165, 1.54) is 12.0 Å². The lowest BCUT2D eigenvalue weighted by atomic mass is 9.57. The van der Waals surface area contributed by atoms with Crippen LogP contribution in [0.1, 0.15) is 66.2 Å².